The minimum atomic E-state index is 0.279. The van der Waals surface area contributed by atoms with Gasteiger partial charge in [-0.25, -0.2) is 0 Å². The monoisotopic (exact) mass is 428 g/mol. The molecule has 0 heterocycles. The van der Waals surface area contributed by atoms with E-state index in [4.69, 9.17) is 0 Å². The van der Waals surface area contributed by atoms with E-state index >= 15 is 0 Å². The Hall–Kier alpha value is -2.67. The van der Waals surface area contributed by atoms with E-state index in [1.807, 2.05) is 30.3 Å². The molecule has 0 saturated heterocycles. The third kappa shape index (κ3) is 9.64. The lowest BCUT2D eigenvalue weighted by molar-refractivity contribution is 0.0979. The molecule has 0 aromatic heterocycles. The molecule has 170 valence electrons. The van der Waals surface area contributed by atoms with E-state index in [2.05, 4.69) is 68.5 Å². The summed E-state index contributed by atoms with van der Waals surface area (Å²) in [6.07, 6.45) is 20.5. The second-order valence-electron chi connectivity index (χ2n) is 8.43. The van der Waals surface area contributed by atoms with Crippen molar-refractivity contribution in [2.24, 2.45) is 0 Å². The van der Waals surface area contributed by atoms with Gasteiger partial charge in [-0.3, -0.25) is 4.79 Å². The number of benzene rings is 2. The highest BCUT2D eigenvalue weighted by atomic mass is 16.1. The molecule has 0 radical (unpaired) electrons. The molecule has 1 heteroatoms. The molecule has 0 saturated carbocycles. The summed E-state index contributed by atoms with van der Waals surface area (Å²) in [5, 5.41) is 0. The maximum absolute atomic E-state index is 11.6. The number of carbonyl (C=O) groups is 1. The summed E-state index contributed by atoms with van der Waals surface area (Å²) < 4.78 is 0. The van der Waals surface area contributed by atoms with Crippen LogP contribution in [-0.2, 0) is 0 Å². The normalized spacial score (nSPS) is 11.9. The van der Waals surface area contributed by atoms with Crippen LogP contribution in [-0.4, -0.2) is 5.78 Å². The fraction of sp³-hybridized carbons (Fsp3) is 0.387. The summed E-state index contributed by atoms with van der Waals surface area (Å²) in [5.74, 6) is 0.279. The van der Waals surface area contributed by atoms with Crippen molar-refractivity contribution >= 4 is 11.4 Å². The predicted molar refractivity (Wildman–Crippen MR) is 140 cm³/mol. The molecule has 0 N–H and O–H groups in total. The Bertz CT molecular complexity index is 842. The highest BCUT2D eigenvalue weighted by Gasteiger charge is 2.07. The van der Waals surface area contributed by atoms with Crippen molar-refractivity contribution in [2.75, 3.05) is 0 Å². The molecule has 32 heavy (non-hydrogen) atoms. The first-order chi connectivity index (χ1) is 15.8. The third-order valence-corrected chi connectivity index (χ3v) is 5.77. The van der Waals surface area contributed by atoms with Crippen LogP contribution in [0.25, 0.3) is 5.57 Å². The first-order valence-corrected chi connectivity index (χ1v) is 12.5. The van der Waals surface area contributed by atoms with Gasteiger partial charge in [-0.05, 0) is 36.0 Å². The number of unbranched alkanes of at least 4 members (excludes halogenated alkanes) is 6. The highest BCUT2D eigenvalue weighted by Crippen LogP contribution is 2.28. The first kappa shape index (κ1) is 25.6. The van der Waals surface area contributed by atoms with Gasteiger partial charge in [0.05, 0.1) is 0 Å². The molecule has 1 aliphatic carbocycles. The summed E-state index contributed by atoms with van der Waals surface area (Å²) in [6.45, 7) is 4.44. The number of hydrogen-bond acceptors (Lipinski definition) is 1. The number of ketones is 1. The summed E-state index contributed by atoms with van der Waals surface area (Å²) in [4.78, 5) is 11.6. The Balaban J connectivity index is 0.000000235. The van der Waals surface area contributed by atoms with E-state index in [1.165, 1.54) is 68.1 Å². The van der Waals surface area contributed by atoms with Crippen LogP contribution in [0.4, 0.5) is 0 Å². The maximum Gasteiger partial charge on any atom is 0.162 e. The van der Waals surface area contributed by atoms with Crippen LogP contribution in [0.3, 0.4) is 0 Å². The second-order valence-corrected chi connectivity index (χ2v) is 8.43. The molecule has 2 aromatic carbocycles. The highest BCUT2D eigenvalue weighted by molar-refractivity contribution is 5.95. The average Bonchev–Trinajstić information content (AvgIpc) is 3.38. The van der Waals surface area contributed by atoms with Gasteiger partial charge < -0.3 is 0 Å². The molecule has 1 aliphatic rings. The number of carbonyl (C=O) groups excluding carboxylic acids is 1. The van der Waals surface area contributed by atoms with Gasteiger partial charge in [-0.1, -0.05) is 137 Å². The fourth-order valence-corrected chi connectivity index (χ4v) is 3.88. The quantitative estimate of drug-likeness (QED) is 0.243. The molecule has 1 nitrogen and oxygen atoms in total. The van der Waals surface area contributed by atoms with Crippen LogP contribution in [0, 0.1) is 0 Å². The van der Waals surface area contributed by atoms with Crippen LogP contribution in [0.5, 0.6) is 0 Å². The van der Waals surface area contributed by atoms with Gasteiger partial charge in [0.15, 0.2) is 5.78 Å². The molecule has 0 amide bonds. The van der Waals surface area contributed by atoms with E-state index in [0.717, 1.165) is 12.0 Å². The molecular weight excluding hydrogens is 388 g/mol. The lowest BCUT2D eigenvalue weighted by atomic mass is 9.95. The number of Topliss-reactive ketones (excluding diaryl/α,β-unsaturated/α-hetero) is 1. The zero-order valence-corrected chi connectivity index (χ0v) is 20.1. The topological polar surface area (TPSA) is 17.1 Å². The van der Waals surface area contributed by atoms with Gasteiger partial charge in [0.1, 0.15) is 0 Å². The second kappa shape index (κ2) is 16.0. The van der Waals surface area contributed by atoms with Crippen LogP contribution in [0.2, 0.25) is 0 Å². The zero-order chi connectivity index (χ0) is 22.9. The Morgan fingerprint density at radius 3 is 1.62 bits per heavy atom. The summed E-state index contributed by atoms with van der Waals surface area (Å²) in [5.41, 5.74) is 5.11. The molecule has 2 aromatic rings. The number of allylic oxidation sites excluding steroid dienone is 6. The van der Waals surface area contributed by atoms with Gasteiger partial charge in [0.2, 0.25) is 0 Å². The molecule has 0 spiro atoms. The van der Waals surface area contributed by atoms with E-state index in [1.54, 1.807) is 0 Å². The Labute approximate surface area is 196 Å². The molecule has 0 atom stereocenters. The largest absolute Gasteiger partial charge is 0.294 e. The Morgan fingerprint density at radius 2 is 1.09 bits per heavy atom. The molecule has 0 bridgehead atoms. The van der Waals surface area contributed by atoms with Gasteiger partial charge in [-0.15, -0.1) is 0 Å². The lowest BCUT2D eigenvalue weighted by Gasteiger charge is -2.10. The van der Waals surface area contributed by atoms with Gasteiger partial charge in [-0.2, -0.15) is 0 Å². The SMILES string of the molecule is CCCCCCC(=C1C=CC=C1)c1ccccc1.CCCCCCC(=O)c1ccccc1. The van der Waals surface area contributed by atoms with Gasteiger partial charge >= 0.3 is 0 Å². The Morgan fingerprint density at radius 1 is 0.594 bits per heavy atom. The van der Waals surface area contributed by atoms with Crippen molar-refractivity contribution in [1.82, 2.24) is 0 Å². The van der Waals surface area contributed by atoms with Crippen LogP contribution < -0.4 is 0 Å². The smallest absolute Gasteiger partial charge is 0.162 e. The standard InChI is InChI=1S/C18H22.C13H18O/c1-2-3-4-8-15-18(17-13-9-10-14-17)16-11-6-5-7-12-16;1-2-3-4-8-11-13(14)12-9-6-5-7-10-12/h5-7,9-14H,2-4,8,15H2,1H3;5-7,9-10H,2-4,8,11H2,1H3. The van der Waals surface area contributed by atoms with Crippen molar-refractivity contribution in [3.05, 3.63) is 102 Å². The Kier molecular flexibility index (Phi) is 12.8. The van der Waals surface area contributed by atoms with E-state index in [0.29, 0.717) is 6.42 Å². The number of hydrogen-bond donors (Lipinski definition) is 0. The van der Waals surface area contributed by atoms with E-state index in [-0.39, 0.29) is 5.78 Å². The molecule has 0 unspecified atom stereocenters. The van der Waals surface area contributed by atoms with Crippen molar-refractivity contribution in [2.45, 2.75) is 78.1 Å². The summed E-state index contributed by atoms with van der Waals surface area (Å²) >= 11 is 0. The summed E-state index contributed by atoms with van der Waals surface area (Å²) in [6, 6.07) is 20.3. The maximum atomic E-state index is 11.6. The van der Waals surface area contributed by atoms with E-state index in [9.17, 15) is 4.79 Å². The lowest BCUT2D eigenvalue weighted by Crippen LogP contribution is -1.97. The van der Waals surface area contributed by atoms with Crippen molar-refractivity contribution < 1.29 is 4.79 Å². The minimum Gasteiger partial charge on any atom is -0.294 e. The zero-order valence-electron chi connectivity index (χ0n) is 20.1. The minimum absolute atomic E-state index is 0.279. The summed E-state index contributed by atoms with van der Waals surface area (Å²) in [7, 11) is 0. The van der Waals surface area contributed by atoms with Crippen LogP contribution in [0.1, 0.15) is 94.0 Å². The average molecular weight is 429 g/mol. The van der Waals surface area contributed by atoms with Crippen molar-refractivity contribution in [3.8, 4) is 0 Å². The van der Waals surface area contributed by atoms with Gasteiger partial charge in [0, 0.05) is 12.0 Å². The number of rotatable bonds is 12. The predicted octanol–water partition coefficient (Wildman–Crippen LogP) is 9.38. The molecule has 0 fully saturated rings. The first-order valence-electron chi connectivity index (χ1n) is 12.5. The van der Waals surface area contributed by atoms with E-state index < -0.39 is 0 Å². The molecule has 0 aliphatic heterocycles. The van der Waals surface area contributed by atoms with Crippen molar-refractivity contribution in [3.63, 3.8) is 0 Å². The third-order valence-electron chi connectivity index (χ3n) is 5.77. The van der Waals surface area contributed by atoms with Crippen molar-refractivity contribution in [1.29, 1.82) is 0 Å². The van der Waals surface area contributed by atoms with Crippen LogP contribution >= 0.6 is 0 Å². The van der Waals surface area contributed by atoms with Crippen LogP contribution in [0.15, 0.2) is 90.5 Å². The molecular formula is C31H40O. The fourth-order valence-electron chi connectivity index (χ4n) is 3.88. The van der Waals surface area contributed by atoms with Gasteiger partial charge in [0.25, 0.3) is 0 Å². The molecule has 3 rings (SSSR count).